The first kappa shape index (κ1) is 16.0. The largest absolute Gasteiger partial charge is 0.485 e. The highest BCUT2D eigenvalue weighted by atomic mass is 16.6. The van der Waals surface area contributed by atoms with Crippen LogP contribution < -0.4 is 14.8 Å². The van der Waals surface area contributed by atoms with Crippen LogP contribution in [0, 0.1) is 0 Å². The van der Waals surface area contributed by atoms with E-state index in [1.165, 1.54) is 18.4 Å². The minimum absolute atomic E-state index is 0.0460. The maximum atomic E-state index is 12.6. The lowest BCUT2D eigenvalue weighted by atomic mass is 9.79. The molecule has 4 heteroatoms. The summed E-state index contributed by atoms with van der Waals surface area (Å²) in [5.41, 5.74) is 1.36. The Morgan fingerprint density at radius 3 is 2.44 bits per heavy atom. The standard InChI is InChI=1S/C21H23NO3/c23-20(19-14-24-17-10-4-5-11-18(17)25-19)22-15-21(12-6-7-13-21)16-8-2-1-3-9-16/h1-5,8-11,19H,6-7,12-15H2,(H,22,23). The van der Waals surface area contributed by atoms with E-state index >= 15 is 0 Å². The second kappa shape index (κ2) is 6.79. The Morgan fingerprint density at radius 1 is 1.00 bits per heavy atom. The molecule has 4 nitrogen and oxygen atoms in total. The Morgan fingerprint density at radius 2 is 1.68 bits per heavy atom. The molecule has 2 aliphatic rings. The van der Waals surface area contributed by atoms with E-state index in [0.29, 0.717) is 18.0 Å². The number of carbonyl (C=O) groups excluding carboxylic acids is 1. The lowest BCUT2D eigenvalue weighted by molar-refractivity contribution is -0.130. The minimum Gasteiger partial charge on any atom is -0.485 e. The quantitative estimate of drug-likeness (QED) is 0.929. The first-order valence-electron chi connectivity index (χ1n) is 8.99. The summed E-state index contributed by atoms with van der Waals surface area (Å²) < 4.78 is 11.5. The van der Waals surface area contributed by atoms with E-state index in [2.05, 4.69) is 29.6 Å². The molecular weight excluding hydrogens is 314 g/mol. The fourth-order valence-electron chi connectivity index (χ4n) is 3.93. The molecule has 2 aromatic rings. The smallest absolute Gasteiger partial charge is 0.264 e. The fraction of sp³-hybridized carbons (Fsp3) is 0.381. The number of fused-ring (bicyclic) bond motifs is 1. The normalized spacial score (nSPS) is 20.9. The van der Waals surface area contributed by atoms with Gasteiger partial charge < -0.3 is 14.8 Å². The van der Waals surface area contributed by atoms with Crippen LogP contribution in [0.2, 0.25) is 0 Å². The van der Waals surface area contributed by atoms with Gasteiger partial charge in [0.15, 0.2) is 11.5 Å². The van der Waals surface area contributed by atoms with Crippen LogP contribution >= 0.6 is 0 Å². The third-order valence-electron chi connectivity index (χ3n) is 5.35. The zero-order valence-electron chi connectivity index (χ0n) is 14.2. The van der Waals surface area contributed by atoms with E-state index in [0.717, 1.165) is 12.8 Å². The third kappa shape index (κ3) is 3.21. The van der Waals surface area contributed by atoms with Crippen LogP contribution in [0.5, 0.6) is 11.5 Å². The molecule has 130 valence electrons. The molecule has 0 radical (unpaired) electrons. The summed E-state index contributed by atoms with van der Waals surface area (Å²) in [4.78, 5) is 12.6. The molecule has 25 heavy (non-hydrogen) atoms. The Kier molecular flexibility index (Phi) is 4.35. The molecule has 1 saturated carbocycles. The van der Waals surface area contributed by atoms with Gasteiger partial charge in [0.25, 0.3) is 5.91 Å². The molecule has 1 atom stereocenters. The monoisotopic (exact) mass is 337 g/mol. The minimum atomic E-state index is -0.593. The number of nitrogens with one attached hydrogen (secondary N) is 1. The van der Waals surface area contributed by atoms with E-state index in [-0.39, 0.29) is 17.9 Å². The number of rotatable bonds is 4. The van der Waals surface area contributed by atoms with Gasteiger partial charge in [-0.25, -0.2) is 0 Å². The average molecular weight is 337 g/mol. The van der Waals surface area contributed by atoms with Gasteiger partial charge in [-0.15, -0.1) is 0 Å². The summed E-state index contributed by atoms with van der Waals surface area (Å²) in [7, 11) is 0. The predicted octanol–water partition coefficient (Wildman–Crippen LogP) is 3.45. The summed E-state index contributed by atoms with van der Waals surface area (Å²) in [5, 5.41) is 3.12. The highest BCUT2D eigenvalue weighted by Crippen LogP contribution is 2.40. The second-order valence-corrected chi connectivity index (χ2v) is 6.94. The van der Waals surface area contributed by atoms with E-state index in [4.69, 9.17) is 9.47 Å². The molecule has 0 bridgehead atoms. The number of amides is 1. The van der Waals surface area contributed by atoms with Crippen molar-refractivity contribution < 1.29 is 14.3 Å². The molecular formula is C21H23NO3. The van der Waals surface area contributed by atoms with E-state index in [9.17, 15) is 4.79 Å². The topological polar surface area (TPSA) is 47.6 Å². The number of ether oxygens (including phenoxy) is 2. The lowest BCUT2D eigenvalue weighted by Crippen LogP contribution is -2.48. The van der Waals surface area contributed by atoms with Crippen molar-refractivity contribution in [2.24, 2.45) is 0 Å². The molecule has 4 rings (SSSR count). The van der Waals surface area contributed by atoms with Gasteiger partial charge in [-0.2, -0.15) is 0 Å². The third-order valence-corrected chi connectivity index (χ3v) is 5.35. The summed E-state index contributed by atoms with van der Waals surface area (Å²) >= 11 is 0. The first-order chi connectivity index (χ1) is 12.3. The van der Waals surface area contributed by atoms with Crippen molar-refractivity contribution in [2.75, 3.05) is 13.2 Å². The predicted molar refractivity (Wildman–Crippen MR) is 96.0 cm³/mol. The SMILES string of the molecule is O=C(NCC1(c2ccccc2)CCCC1)C1COc2ccccc2O1. The van der Waals surface area contributed by atoms with E-state index in [1.807, 2.05) is 30.3 Å². The van der Waals surface area contributed by atoms with Crippen LogP contribution in [0.25, 0.3) is 0 Å². The number of carbonyl (C=O) groups is 1. The number of hydrogen-bond donors (Lipinski definition) is 1. The molecule has 0 aromatic heterocycles. The lowest BCUT2D eigenvalue weighted by Gasteiger charge is -2.31. The second-order valence-electron chi connectivity index (χ2n) is 6.94. The van der Waals surface area contributed by atoms with E-state index in [1.54, 1.807) is 0 Å². The molecule has 1 aliphatic carbocycles. The molecule has 1 heterocycles. The van der Waals surface area contributed by atoms with Gasteiger partial charge in [0.1, 0.15) is 6.61 Å². The molecule has 0 spiro atoms. The van der Waals surface area contributed by atoms with Gasteiger partial charge in [-0.3, -0.25) is 4.79 Å². The fourth-order valence-corrected chi connectivity index (χ4v) is 3.93. The van der Waals surface area contributed by atoms with Crippen molar-refractivity contribution in [2.45, 2.75) is 37.2 Å². The average Bonchev–Trinajstić information content (AvgIpc) is 3.17. The molecule has 1 fully saturated rings. The highest BCUT2D eigenvalue weighted by Gasteiger charge is 2.37. The van der Waals surface area contributed by atoms with Crippen LogP contribution in [-0.4, -0.2) is 25.2 Å². The summed E-state index contributed by atoms with van der Waals surface area (Å²) in [5.74, 6) is 1.23. The Balaban J connectivity index is 1.43. The van der Waals surface area contributed by atoms with Crippen molar-refractivity contribution in [1.82, 2.24) is 5.32 Å². The van der Waals surface area contributed by atoms with Crippen molar-refractivity contribution in [3.8, 4) is 11.5 Å². The molecule has 1 unspecified atom stereocenters. The number of hydrogen-bond acceptors (Lipinski definition) is 3. The summed E-state index contributed by atoms with van der Waals surface area (Å²) in [6.45, 7) is 0.901. The Bertz CT molecular complexity index is 738. The zero-order chi connectivity index (χ0) is 17.1. The Hall–Kier alpha value is -2.49. The van der Waals surface area contributed by atoms with Gasteiger partial charge >= 0.3 is 0 Å². The molecule has 0 saturated heterocycles. The van der Waals surface area contributed by atoms with Crippen LogP contribution in [0.4, 0.5) is 0 Å². The summed E-state index contributed by atoms with van der Waals surface area (Å²) in [6, 6.07) is 18.0. The van der Waals surface area contributed by atoms with Gasteiger partial charge in [-0.1, -0.05) is 55.3 Å². The number of benzene rings is 2. The molecule has 1 amide bonds. The van der Waals surface area contributed by atoms with Gasteiger partial charge in [0, 0.05) is 12.0 Å². The zero-order valence-corrected chi connectivity index (χ0v) is 14.2. The van der Waals surface area contributed by atoms with Crippen LogP contribution in [-0.2, 0) is 10.2 Å². The summed E-state index contributed by atoms with van der Waals surface area (Å²) in [6.07, 6.45) is 4.05. The maximum Gasteiger partial charge on any atom is 0.264 e. The van der Waals surface area contributed by atoms with Gasteiger partial charge in [-0.05, 0) is 30.5 Å². The van der Waals surface area contributed by atoms with Gasteiger partial charge in [0.05, 0.1) is 0 Å². The maximum absolute atomic E-state index is 12.6. The van der Waals surface area contributed by atoms with Crippen molar-refractivity contribution in [1.29, 1.82) is 0 Å². The molecule has 2 aromatic carbocycles. The van der Waals surface area contributed by atoms with Crippen LogP contribution in [0.15, 0.2) is 54.6 Å². The first-order valence-corrected chi connectivity index (χ1v) is 8.99. The van der Waals surface area contributed by atoms with Gasteiger partial charge in [0.2, 0.25) is 6.10 Å². The highest BCUT2D eigenvalue weighted by molar-refractivity contribution is 5.81. The Labute approximate surface area is 148 Å². The van der Waals surface area contributed by atoms with Crippen molar-refractivity contribution >= 4 is 5.91 Å². The van der Waals surface area contributed by atoms with Crippen molar-refractivity contribution in [3.05, 3.63) is 60.2 Å². The number of para-hydroxylation sites is 2. The van der Waals surface area contributed by atoms with E-state index < -0.39 is 6.10 Å². The van der Waals surface area contributed by atoms with Crippen LogP contribution in [0.3, 0.4) is 0 Å². The molecule has 1 aliphatic heterocycles. The van der Waals surface area contributed by atoms with Crippen LogP contribution in [0.1, 0.15) is 31.2 Å². The van der Waals surface area contributed by atoms with Crippen molar-refractivity contribution in [3.63, 3.8) is 0 Å². The molecule has 1 N–H and O–H groups in total.